The second-order valence-electron chi connectivity index (χ2n) is 5.70. The Morgan fingerprint density at radius 2 is 1.62 bits per heavy atom. The van der Waals surface area contributed by atoms with Crippen molar-refractivity contribution in [3.05, 3.63) is 23.8 Å². The van der Waals surface area contributed by atoms with Crippen LogP contribution in [0.1, 0.15) is 70.8 Å². The molecule has 0 saturated heterocycles. The highest BCUT2D eigenvalue weighted by atomic mass is 32.2. The molecule has 1 aromatic rings. The van der Waals surface area contributed by atoms with Crippen molar-refractivity contribution in [3.63, 3.8) is 0 Å². The molecule has 2 heteroatoms. The van der Waals surface area contributed by atoms with E-state index in [0.717, 1.165) is 18.8 Å². The number of rotatable bonds is 12. The van der Waals surface area contributed by atoms with Gasteiger partial charge in [0, 0.05) is 4.90 Å². The molecule has 1 aromatic carbocycles. The minimum absolute atomic E-state index is 0.834. The number of benzene rings is 1. The van der Waals surface area contributed by atoms with E-state index in [2.05, 4.69) is 38.3 Å². The quantitative estimate of drug-likeness (QED) is 0.322. The molecule has 21 heavy (non-hydrogen) atoms. The average molecular weight is 309 g/mol. The van der Waals surface area contributed by atoms with Gasteiger partial charge in [0.05, 0.1) is 6.61 Å². The predicted molar refractivity (Wildman–Crippen MR) is 95.7 cm³/mol. The van der Waals surface area contributed by atoms with Gasteiger partial charge in [-0.3, -0.25) is 0 Å². The molecule has 1 rings (SSSR count). The van der Waals surface area contributed by atoms with Gasteiger partial charge in [0.2, 0.25) is 0 Å². The molecular formula is C19H32OS. The summed E-state index contributed by atoms with van der Waals surface area (Å²) in [4.78, 5) is 1.29. The van der Waals surface area contributed by atoms with Gasteiger partial charge in [-0.15, -0.1) is 11.8 Å². The van der Waals surface area contributed by atoms with Gasteiger partial charge in [0.1, 0.15) is 5.75 Å². The van der Waals surface area contributed by atoms with Crippen LogP contribution in [0.4, 0.5) is 0 Å². The van der Waals surface area contributed by atoms with Crippen LogP contribution in [0.25, 0.3) is 0 Å². The van der Waals surface area contributed by atoms with Crippen molar-refractivity contribution < 1.29 is 4.74 Å². The highest BCUT2D eigenvalue weighted by Crippen LogP contribution is 2.29. The second kappa shape index (κ2) is 12.0. The predicted octanol–water partition coefficient (Wildman–Crippen LogP) is 6.49. The first-order chi connectivity index (χ1) is 10.3. The Morgan fingerprint density at radius 1 is 0.905 bits per heavy atom. The van der Waals surface area contributed by atoms with Crippen molar-refractivity contribution in [3.8, 4) is 5.75 Å². The third-order valence-electron chi connectivity index (χ3n) is 3.80. The largest absolute Gasteiger partial charge is 0.492 e. The summed E-state index contributed by atoms with van der Waals surface area (Å²) in [6, 6.07) is 6.72. The van der Waals surface area contributed by atoms with Crippen LogP contribution in [-0.2, 0) is 6.42 Å². The molecule has 0 heterocycles. The fourth-order valence-corrected chi connectivity index (χ4v) is 3.02. The molecule has 120 valence electrons. The normalized spacial score (nSPS) is 10.8. The van der Waals surface area contributed by atoms with E-state index in [1.807, 2.05) is 0 Å². The lowest BCUT2D eigenvalue weighted by atomic mass is 10.0. The lowest BCUT2D eigenvalue weighted by molar-refractivity contribution is 0.302. The highest BCUT2D eigenvalue weighted by molar-refractivity contribution is 7.98. The Bertz CT molecular complexity index is 376. The van der Waals surface area contributed by atoms with Gasteiger partial charge < -0.3 is 4.74 Å². The Kier molecular flexibility index (Phi) is 10.5. The molecule has 0 aliphatic carbocycles. The number of thioether (sulfide) groups is 1. The zero-order chi connectivity index (χ0) is 15.3. The van der Waals surface area contributed by atoms with Crippen LogP contribution < -0.4 is 4.74 Å². The van der Waals surface area contributed by atoms with Crippen LogP contribution in [0.2, 0.25) is 0 Å². The summed E-state index contributed by atoms with van der Waals surface area (Å²) in [6.07, 6.45) is 13.8. The van der Waals surface area contributed by atoms with E-state index in [-0.39, 0.29) is 0 Å². The van der Waals surface area contributed by atoms with E-state index in [4.69, 9.17) is 4.74 Å². The van der Waals surface area contributed by atoms with E-state index in [1.165, 1.54) is 61.8 Å². The zero-order valence-corrected chi connectivity index (χ0v) is 14.9. The van der Waals surface area contributed by atoms with Crippen LogP contribution >= 0.6 is 11.8 Å². The molecule has 0 aliphatic heterocycles. The third-order valence-corrected chi connectivity index (χ3v) is 4.56. The Labute approximate surface area is 135 Å². The van der Waals surface area contributed by atoms with Crippen molar-refractivity contribution in [2.75, 3.05) is 12.9 Å². The standard InChI is InChI=1S/C19H32OS/c1-4-6-8-9-10-11-12-17-13-14-18(19(16-17)21-3)20-15-7-5-2/h13-14,16H,4-12,15H2,1-3H3. The molecule has 0 aromatic heterocycles. The van der Waals surface area contributed by atoms with Gasteiger partial charge in [-0.05, 0) is 43.2 Å². The number of aryl methyl sites for hydroxylation is 1. The van der Waals surface area contributed by atoms with Crippen LogP contribution in [0, 0.1) is 0 Å². The van der Waals surface area contributed by atoms with Gasteiger partial charge in [0.15, 0.2) is 0 Å². The van der Waals surface area contributed by atoms with Crippen molar-refractivity contribution >= 4 is 11.8 Å². The van der Waals surface area contributed by atoms with Crippen LogP contribution in [-0.4, -0.2) is 12.9 Å². The van der Waals surface area contributed by atoms with Gasteiger partial charge in [-0.2, -0.15) is 0 Å². The topological polar surface area (TPSA) is 9.23 Å². The molecule has 0 N–H and O–H groups in total. The number of unbranched alkanes of at least 4 members (excludes halogenated alkanes) is 6. The number of hydrogen-bond acceptors (Lipinski definition) is 2. The van der Waals surface area contributed by atoms with E-state index >= 15 is 0 Å². The Hall–Kier alpha value is -0.630. The molecule has 0 unspecified atom stereocenters. The fraction of sp³-hybridized carbons (Fsp3) is 0.684. The fourth-order valence-electron chi connectivity index (χ4n) is 2.42. The summed E-state index contributed by atoms with van der Waals surface area (Å²) in [7, 11) is 0. The van der Waals surface area contributed by atoms with Crippen molar-refractivity contribution in [1.82, 2.24) is 0 Å². The molecule has 0 bridgehead atoms. The maximum atomic E-state index is 5.87. The first-order valence-electron chi connectivity index (χ1n) is 8.61. The highest BCUT2D eigenvalue weighted by Gasteiger charge is 2.04. The summed E-state index contributed by atoms with van der Waals surface area (Å²) in [5.74, 6) is 1.06. The van der Waals surface area contributed by atoms with E-state index in [9.17, 15) is 0 Å². The van der Waals surface area contributed by atoms with Gasteiger partial charge in [-0.1, -0.05) is 58.4 Å². The summed E-state index contributed by atoms with van der Waals surface area (Å²) in [5, 5.41) is 0. The summed E-state index contributed by atoms with van der Waals surface area (Å²) in [6.45, 7) is 5.30. The molecule has 0 fully saturated rings. The minimum atomic E-state index is 0.834. The first-order valence-corrected chi connectivity index (χ1v) is 9.84. The monoisotopic (exact) mass is 308 g/mol. The third kappa shape index (κ3) is 7.80. The second-order valence-corrected chi connectivity index (χ2v) is 6.55. The maximum Gasteiger partial charge on any atom is 0.132 e. The molecule has 0 spiro atoms. The van der Waals surface area contributed by atoms with Gasteiger partial charge in [-0.25, -0.2) is 0 Å². The van der Waals surface area contributed by atoms with Crippen molar-refractivity contribution in [1.29, 1.82) is 0 Å². The summed E-state index contributed by atoms with van der Waals surface area (Å²) >= 11 is 1.79. The summed E-state index contributed by atoms with van der Waals surface area (Å²) < 4.78 is 5.87. The molecule has 0 aliphatic rings. The first kappa shape index (κ1) is 18.4. The SMILES string of the molecule is CCCCCCCCc1ccc(OCCCC)c(SC)c1. The number of hydrogen-bond donors (Lipinski definition) is 0. The van der Waals surface area contributed by atoms with Crippen molar-refractivity contribution in [2.24, 2.45) is 0 Å². The molecule has 1 nitrogen and oxygen atoms in total. The zero-order valence-electron chi connectivity index (χ0n) is 14.1. The Balaban J connectivity index is 2.38. The minimum Gasteiger partial charge on any atom is -0.492 e. The Morgan fingerprint density at radius 3 is 2.33 bits per heavy atom. The van der Waals surface area contributed by atoms with Crippen LogP contribution in [0.15, 0.2) is 23.1 Å². The van der Waals surface area contributed by atoms with Gasteiger partial charge >= 0.3 is 0 Å². The molecular weight excluding hydrogens is 276 g/mol. The van der Waals surface area contributed by atoms with Crippen molar-refractivity contribution in [2.45, 2.75) is 76.5 Å². The number of ether oxygens (including phenoxy) is 1. The lowest BCUT2D eigenvalue weighted by Gasteiger charge is -2.11. The molecule has 0 amide bonds. The smallest absolute Gasteiger partial charge is 0.132 e. The average Bonchev–Trinajstić information content (AvgIpc) is 2.52. The van der Waals surface area contributed by atoms with E-state index in [0.29, 0.717) is 0 Å². The van der Waals surface area contributed by atoms with Crippen LogP contribution in [0.3, 0.4) is 0 Å². The van der Waals surface area contributed by atoms with Crippen LogP contribution in [0.5, 0.6) is 5.75 Å². The summed E-state index contributed by atoms with van der Waals surface area (Å²) in [5.41, 5.74) is 1.46. The maximum absolute atomic E-state index is 5.87. The van der Waals surface area contributed by atoms with E-state index < -0.39 is 0 Å². The molecule has 0 atom stereocenters. The molecule has 0 saturated carbocycles. The van der Waals surface area contributed by atoms with Gasteiger partial charge in [0.25, 0.3) is 0 Å². The lowest BCUT2D eigenvalue weighted by Crippen LogP contribution is -1.98. The molecule has 0 radical (unpaired) electrons. The van der Waals surface area contributed by atoms with E-state index in [1.54, 1.807) is 11.8 Å².